The highest BCUT2D eigenvalue weighted by molar-refractivity contribution is 5.93. The van der Waals surface area contributed by atoms with Crippen molar-refractivity contribution in [2.45, 2.75) is 26.4 Å². The van der Waals surface area contributed by atoms with Crippen LogP contribution < -0.4 is 0 Å². The van der Waals surface area contributed by atoms with E-state index >= 15 is 0 Å². The van der Waals surface area contributed by atoms with Crippen LogP contribution in [0.25, 0.3) is 0 Å². The van der Waals surface area contributed by atoms with Crippen molar-refractivity contribution in [1.82, 2.24) is 35.2 Å². The Labute approximate surface area is 138 Å². The van der Waals surface area contributed by atoms with Crippen molar-refractivity contribution >= 4 is 5.91 Å². The minimum absolute atomic E-state index is 0.0993. The molecule has 3 rings (SSSR count). The summed E-state index contributed by atoms with van der Waals surface area (Å²) in [6, 6.07) is 9.05. The molecule has 0 bridgehead atoms. The SMILES string of the molecule is CCc1nc(Cn2nnc(CN(C)C(=O)c3ccccc3)n2)no1. The molecule has 2 aromatic heterocycles. The molecular weight excluding hydrogens is 310 g/mol. The summed E-state index contributed by atoms with van der Waals surface area (Å²) in [6.45, 7) is 2.47. The average Bonchev–Trinajstić information content (AvgIpc) is 3.24. The Bertz CT molecular complexity index is 812. The van der Waals surface area contributed by atoms with Gasteiger partial charge in [0.2, 0.25) is 5.89 Å². The fraction of sp³-hybridized carbons (Fsp3) is 0.333. The maximum atomic E-state index is 12.3. The molecule has 9 heteroatoms. The van der Waals surface area contributed by atoms with Crippen molar-refractivity contribution in [2.24, 2.45) is 0 Å². The predicted octanol–water partition coefficient (Wildman–Crippen LogP) is 0.939. The number of aryl methyl sites for hydroxylation is 1. The van der Waals surface area contributed by atoms with Gasteiger partial charge in [0.05, 0.1) is 6.54 Å². The molecule has 0 N–H and O–H groups in total. The van der Waals surface area contributed by atoms with E-state index in [1.54, 1.807) is 24.1 Å². The molecule has 0 aliphatic rings. The van der Waals surface area contributed by atoms with Gasteiger partial charge in [-0.1, -0.05) is 30.3 Å². The van der Waals surface area contributed by atoms with E-state index < -0.39 is 0 Å². The van der Waals surface area contributed by atoms with Crippen molar-refractivity contribution in [3.8, 4) is 0 Å². The first-order valence-electron chi connectivity index (χ1n) is 7.54. The number of aromatic nitrogens is 6. The Morgan fingerprint density at radius 2 is 2.04 bits per heavy atom. The van der Waals surface area contributed by atoms with E-state index in [9.17, 15) is 4.79 Å². The van der Waals surface area contributed by atoms with Crippen LogP contribution in [-0.4, -0.2) is 48.2 Å². The van der Waals surface area contributed by atoms with Gasteiger partial charge < -0.3 is 9.42 Å². The number of tetrazole rings is 1. The van der Waals surface area contributed by atoms with E-state index in [0.29, 0.717) is 29.5 Å². The third kappa shape index (κ3) is 3.62. The van der Waals surface area contributed by atoms with Crippen molar-refractivity contribution in [3.63, 3.8) is 0 Å². The highest BCUT2D eigenvalue weighted by Gasteiger charge is 2.15. The lowest BCUT2D eigenvalue weighted by Crippen LogP contribution is -2.26. The van der Waals surface area contributed by atoms with Crippen molar-refractivity contribution in [1.29, 1.82) is 0 Å². The Kier molecular flexibility index (Phi) is 4.59. The van der Waals surface area contributed by atoms with Gasteiger partial charge in [0.1, 0.15) is 6.54 Å². The second-order valence-corrected chi connectivity index (χ2v) is 5.22. The lowest BCUT2D eigenvalue weighted by atomic mass is 10.2. The molecule has 0 aliphatic carbocycles. The minimum atomic E-state index is -0.0993. The number of benzene rings is 1. The van der Waals surface area contributed by atoms with E-state index in [4.69, 9.17) is 4.52 Å². The zero-order valence-electron chi connectivity index (χ0n) is 13.5. The fourth-order valence-electron chi connectivity index (χ4n) is 2.12. The molecule has 0 spiro atoms. The van der Waals surface area contributed by atoms with Gasteiger partial charge in [-0.15, -0.1) is 10.2 Å². The Morgan fingerprint density at radius 3 is 2.75 bits per heavy atom. The zero-order chi connectivity index (χ0) is 16.9. The molecule has 0 fully saturated rings. The van der Waals surface area contributed by atoms with Crippen molar-refractivity contribution in [2.75, 3.05) is 7.05 Å². The van der Waals surface area contributed by atoms with Gasteiger partial charge in [0, 0.05) is 19.0 Å². The van der Waals surface area contributed by atoms with Crippen LogP contribution in [0.5, 0.6) is 0 Å². The van der Waals surface area contributed by atoms with Crippen LogP contribution in [0.15, 0.2) is 34.9 Å². The maximum Gasteiger partial charge on any atom is 0.254 e. The smallest absolute Gasteiger partial charge is 0.254 e. The fourth-order valence-corrected chi connectivity index (χ4v) is 2.12. The highest BCUT2D eigenvalue weighted by Crippen LogP contribution is 2.05. The standard InChI is InChI=1S/C15H17N7O2/c1-3-14-16-12(19-24-14)10-22-18-13(17-20-22)9-21(2)15(23)11-7-5-4-6-8-11/h4-8H,3,9-10H2,1-2H3. The van der Waals surface area contributed by atoms with Crippen molar-refractivity contribution in [3.05, 3.63) is 53.4 Å². The minimum Gasteiger partial charge on any atom is -0.339 e. The first-order valence-corrected chi connectivity index (χ1v) is 7.54. The summed E-state index contributed by atoms with van der Waals surface area (Å²) in [7, 11) is 1.70. The van der Waals surface area contributed by atoms with Crippen LogP contribution in [0.3, 0.4) is 0 Å². The number of hydrogen-bond donors (Lipinski definition) is 0. The van der Waals surface area contributed by atoms with Gasteiger partial charge in [-0.3, -0.25) is 4.79 Å². The van der Waals surface area contributed by atoms with E-state index in [2.05, 4.69) is 25.6 Å². The molecule has 1 aromatic carbocycles. The third-order valence-corrected chi connectivity index (χ3v) is 3.34. The summed E-state index contributed by atoms with van der Waals surface area (Å²) in [5.41, 5.74) is 0.617. The van der Waals surface area contributed by atoms with E-state index in [1.165, 1.54) is 4.80 Å². The normalized spacial score (nSPS) is 10.8. The predicted molar refractivity (Wildman–Crippen MR) is 82.8 cm³/mol. The molecule has 0 aliphatic heterocycles. The van der Waals surface area contributed by atoms with E-state index in [0.717, 1.165) is 0 Å². The molecular formula is C15H17N7O2. The van der Waals surface area contributed by atoms with Gasteiger partial charge in [0.15, 0.2) is 11.6 Å². The molecule has 1 amide bonds. The van der Waals surface area contributed by atoms with Gasteiger partial charge in [-0.25, -0.2) is 0 Å². The summed E-state index contributed by atoms with van der Waals surface area (Å²) in [6.07, 6.45) is 0.676. The number of rotatable bonds is 6. The molecule has 24 heavy (non-hydrogen) atoms. The largest absolute Gasteiger partial charge is 0.339 e. The lowest BCUT2D eigenvalue weighted by Gasteiger charge is -2.14. The number of carbonyl (C=O) groups excluding carboxylic acids is 1. The summed E-state index contributed by atoms with van der Waals surface area (Å²) in [4.78, 5) is 19.4. The van der Waals surface area contributed by atoms with E-state index in [1.807, 2.05) is 25.1 Å². The van der Waals surface area contributed by atoms with Crippen LogP contribution in [0.4, 0.5) is 0 Å². The topological polar surface area (TPSA) is 103 Å². The Balaban J connectivity index is 1.62. The quantitative estimate of drug-likeness (QED) is 0.663. The number of nitrogens with zero attached hydrogens (tertiary/aromatic N) is 7. The van der Waals surface area contributed by atoms with Gasteiger partial charge >= 0.3 is 0 Å². The lowest BCUT2D eigenvalue weighted by molar-refractivity contribution is 0.0781. The van der Waals surface area contributed by atoms with Gasteiger partial charge in [0.25, 0.3) is 5.91 Å². The van der Waals surface area contributed by atoms with Crippen LogP contribution in [0, 0.1) is 0 Å². The first-order chi connectivity index (χ1) is 11.7. The van der Waals surface area contributed by atoms with Crippen LogP contribution in [0.1, 0.15) is 34.8 Å². The number of amides is 1. The van der Waals surface area contributed by atoms with Crippen molar-refractivity contribution < 1.29 is 9.32 Å². The number of carbonyl (C=O) groups is 1. The van der Waals surface area contributed by atoms with Crippen LogP contribution in [-0.2, 0) is 19.5 Å². The maximum absolute atomic E-state index is 12.3. The molecule has 0 saturated heterocycles. The van der Waals surface area contributed by atoms with Gasteiger partial charge in [-0.05, 0) is 17.3 Å². The second kappa shape index (κ2) is 6.99. The summed E-state index contributed by atoms with van der Waals surface area (Å²) in [5, 5.41) is 16.0. The summed E-state index contributed by atoms with van der Waals surface area (Å²) >= 11 is 0. The van der Waals surface area contributed by atoms with E-state index in [-0.39, 0.29) is 19.0 Å². The van der Waals surface area contributed by atoms with Crippen LogP contribution >= 0.6 is 0 Å². The monoisotopic (exact) mass is 327 g/mol. The Morgan fingerprint density at radius 1 is 1.25 bits per heavy atom. The molecule has 2 heterocycles. The number of hydrogen-bond acceptors (Lipinski definition) is 7. The molecule has 0 saturated carbocycles. The third-order valence-electron chi connectivity index (χ3n) is 3.34. The summed E-state index contributed by atoms with van der Waals surface area (Å²) in [5.74, 6) is 1.40. The Hall–Kier alpha value is -3.10. The first kappa shape index (κ1) is 15.8. The second-order valence-electron chi connectivity index (χ2n) is 5.22. The van der Waals surface area contributed by atoms with Gasteiger partial charge in [-0.2, -0.15) is 9.78 Å². The van der Waals surface area contributed by atoms with Crippen LogP contribution in [0.2, 0.25) is 0 Å². The highest BCUT2D eigenvalue weighted by atomic mass is 16.5. The average molecular weight is 327 g/mol. The molecule has 0 radical (unpaired) electrons. The zero-order valence-corrected chi connectivity index (χ0v) is 13.5. The molecule has 9 nitrogen and oxygen atoms in total. The molecule has 3 aromatic rings. The summed E-state index contributed by atoms with van der Waals surface area (Å²) < 4.78 is 5.03. The molecule has 0 atom stereocenters. The molecule has 124 valence electrons. The molecule has 0 unspecified atom stereocenters.